The van der Waals surface area contributed by atoms with Crippen LogP contribution in [0.3, 0.4) is 0 Å². The van der Waals surface area contributed by atoms with Crippen LogP contribution in [0, 0.1) is 0 Å². The number of rotatable bonds is 2. The molecule has 5 heteroatoms. The third-order valence-corrected chi connectivity index (χ3v) is 2.77. The van der Waals surface area contributed by atoms with E-state index in [9.17, 15) is 0 Å². The first-order chi connectivity index (χ1) is 9.31. The number of fused-ring (bicyclic) bond motifs is 1. The van der Waals surface area contributed by atoms with Crippen molar-refractivity contribution in [1.82, 2.24) is 14.5 Å². The lowest BCUT2D eigenvalue weighted by Gasteiger charge is -1.95. The molecule has 0 amide bonds. The second-order valence-corrected chi connectivity index (χ2v) is 4.12. The van der Waals surface area contributed by atoms with Gasteiger partial charge in [0.1, 0.15) is 5.82 Å². The lowest BCUT2D eigenvalue weighted by atomic mass is 10.2. The molecule has 0 atom stereocenters. The highest BCUT2D eigenvalue weighted by molar-refractivity contribution is 5.85. The van der Waals surface area contributed by atoms with E-state index in [1.807, 2.05) is 48.3 Å². The molecule has 1 aromatic carbocycles. The third kappa shape index (κ3) is 4.33. The minimum atomic E-state index is 0. The highest BCUT2D eigenvalue weighted by atomic mass is 35.5. The summed E-state index contributed by atoms with van der Waals surface area (Å²) < 4.78 is 1.90. The number of imidazole rings is 1. The van der Waals surface area contributed by atoms with Gasteiger partial charge in [0.15, 0.2) is 0 Å². The number of nitrogens with zero attached hydrogens (tertiary/aromatic N) is 3. The summed E-state index contributed by atoms with van der Waals surface area (Å²) >= 11 is 0. The van der Waals surface area contributed by atoms with E-state index in [4.69, 9.17) is 5.11 Å². The number of aromatic nitrogens is 3. The van der Waals surface area contributed by atoms with E-state index in [-0.39, 0.29) is 19.0 Å². The van der Waals surface area contributed by atoms with E-state index < -0.39 is 0 Å². The molecule has 0 aliphatic rings. The number of aliphatic hydroxyl groups is 1. The summed E-state index contributed by atoms with van der Waals surface area (Å²) in [5, 5.41) is 9.71. The maximum atomic E-state index is 8.51. The number of pyridine rings is 1. The van der Waals surface area contributed by atoms with Crippen molar-refractivity contribution in [2.75, 3.05) is 6.61 Å². The zero-order valence-electron chi connectivity index (χ0n) is 11.3. The van der Waals surface area contributed by atoms with Crippen LogP contribution in [0.5, 0.6) is 0 Å². The van der Waals surface area contributed by atoms with Crippen LogP contribution in [0.4, 0.5) is 0 Å². The van der Waals surface area contributed by atoms with Gasteiger partial charge in [0.05, 0.1) is 12.1 Å². The van der Waals surface area contributed by atoms with E-state index in [0.29, 0.717) is 6.42 Å². The van der Waals surface area contributed by atoms with Crippen LogP contribution < -0.4 is 0 Å². The van der Waals surface area contributed by atoms with Crippen molar-refractivity contribution in [3.05, 3.63) is 60.8 Å². The first-order valence-electron chi connectivity index (χ1n) is 6.18. The largest absolute Gasteiger partial charge is 0.396 e. The number of hydrogen-bond donors (Lipinski definition) is 1. The second kappa shape index (κ2) is 8.30. The fourth-order valence-corrected chi connectivity index (χ4v) is 1.75. The minimum Gasteiger partial charge on any atom is -0.396 e. The van der Waals surface area contributed by atoms with Crippen molar-refractivity contribution < 1.29 is 5.11 Å². The highest BCUT2D eigenvalue weighted by Gasteiger charge is 1.94. The molecule has 0 spiro atoms. The van der Waals surface area contributed by atoms with Crippen molar-refractivity contribution in [3.8, 4) is 0 Å². The Hall–Kier alpha value is -1.91. The molecule has 0 unspecified atom stereocenters. The molecular formula is C15H18ClN3O. The maximum Gasteiger partial charge on any atom is 0.110 e. The zero-order chi connectivity index (χ0) is 13.5. The number of hydrogen-bond acceptors (Lipinski definition) is 3. The fourth-order valence-electron chi connectivity index (χ4n) is 1.75. The lowest BCUT2D eigenvalue weighted by Crippen LogP contribution is -1.99. The van der Waals surface area contributed by atoms with Crippen molar-refractivity contribution in [2.45, 2.75) is 6.42 Å². The standard InChI is InChI=1S/C9H7N.C6H10N2O.ClH/c1-2-6-9-8(4-1)5-3-7-10-9;1-8-4-3-7-6(8)2-5-9;/h1-7H;3-4,9H,2,5H2,1H3;1H. The molecule has 0 saturated heterocycles. The van der Waals surface area contributed by atoms with Crippen LogP contribution in [-0.2, 0) is 13.5 Å². The summed E-state index contributed by atoms with van der Waals surface area (Å²) in [5.41, 5.74) is 1.06. The van der Waals surface area contributed by atoms with Gasteiger partial charge in [-0.1, -0.05) is 24.3 Å². The normalized spacial score (nSPS) is 9.50. The molecule has 0 fully saturated rings. The predicted octanol–water partition coefficient (Wildman–Crippen LogP) is 2.61. The van der Waals surface area contributed by atoms with Crippen LogP contribution in [0.15, 0.2) is 55.0 Å². The Bertz CT molecular complexity index is 574. The monoisotopic (exact) mass is 291 g/mol. The van der Waals surface area contributed by atoms with Gasteiger partial charge in [-0.2, -0.15) is 0 Å². The Morgan fingerprint density at radius 3 is 2.45 bits per heavy atom. The molecule has 2 heterocycles. The van der Waals surface area contributed by atoms with Gasteiger partial charge < -0.3 is 9.67 Å². The van der Waals surface area contributed by atoms with Gasteiger partial charge in [-0.15, -0.1) is 12.4 Å². The molecule has 20 heavy (non-hydrogen) atoms. The van der Waals surface area contributed by atoms with Crippen molar-refractivity contribution in [1.29, 1.82) is 0 Å². The molecule has 2 aromatic heterocycles. The number of halogens is 1. The van der Waals surface area contributed by atoms with Gasteiger partial charge in [-0.05, 0) is 12.1 Å². The van der Waals surface area contributed by atoms with Crippen molar-refractivity contribution >= 4 is 23.3 Å². The molecule has 0 saturated carbocycles. The van der Waals surface area contributed by atoms with Crippen LogP contribution >= 0.6 is 12.4 Å². The smallest absolute Gasteiger partial charge is 0.110 e. The molecule has 4 nitrogen and oxygen atoms in total. The predicted molar refractivity (Wildman–Crippen MR) is 83.0 cm³/mol. The van der Waals surface area contributed by atoms with Gasteiger partial charge in [0.2, 0.25) is 0 Å². The molecule has 3 aromatic rings. The van der Waals surface area contributed by atoms with Crippen LogP contribution in [0.25, 0.3) is 10.9 Å². The number of aryl methyl sites for hydroxylation is 1. The van der Waals surface area contributed by atoms with Gasteiger partial charge in [-0.25, -0.2) is 4.98 Å². The molecular weight excluding hydrogens is 274 g/mol. The molecule has 0 aliphatic carbocycles. The summed E-state index contributed by atoms with van der Waals surface area (Å²) in [4.78, 5) is 8.19. The molecule has 106 valence electrons. The molecule has 1 N–H and O–H groups in total. The SMILES string of the molecule is Cl.Cn1ccnc1CCO.c1ccc2ncccc2c1. The fraction of sp³-hybridized carbons (Fsp3) is 0.200. The minimum absolute atomic E-state index is 0. The molecule has 3 rings (SSSR count). The number of aliphatic hydroxyl groups excluding tert-OH is 1. The Labute approximate surface area is 124 Å². The molecule has 0 radical (unpaired) electrons. The van der Waals surface area contributed by atoms with Crippen molar-refractivity contribution in [3.63, 3.8) is 0 Å². The van der Waals surface area contributed by atoms with E-state index in [0.717, 1.165) is 11.3 Å². The van der Waals surface area contributed by atoms with Gasteiger partial charge in [0.25, 0.3) is 0 Å². The zero-order valence-corrected chi connectivity index (χ0v) is 12.1. The summed E-state index contributed by atoms with van der Waals surface area (Å²) in [6.45, 7) is 0.171. The number of para-hydroxylation sites is 1. The first kappa shape index (κ1) is 16.1. The lowest BCUT2D eigenvalue weighted by molar-refractivity contribution is 0.295. The second-order valence-electron chi connectivity index (χ2n) is 4.12. The molecule has 0 bridgehead atoms. The summed E-state index contributed by atoms with van der Waals surface area (Å²) in [6, 6.07) is 12.1. The Morgan fingerprint density at radius 1 is 1.05 bits per heavy atom. The third-order valence-electron chi connectivity index (χ3n) is 2.77. The van der Waals surface area contributed by atoms with Crippen LogP contribution in [0.2, 0.25) is 0 Å². The summed E-state index contributed by atoms with van der Waals surface area (Å²) in [6.07, 6.45) is 6.04. The quantitative estimate of drug-likeness (QED) is 0.789. The van der Waals surface area contributed by atoms with Gasteiger partial charge in [0, 0.05) is 37.4 Å². The Kier molecular flexibility index (Phi) is 6.70. The molecule has 0 aliphatic heterocycles. The topological polar surface area (TPSA) is 50.9 Å². The maximum absolute atomic E-state index is 8.51. The summed E-state index contributed by atoms with van der Waals surface area (Å²) in [5.74, 6) is 0.928. The first-order valence-corrected chi connectivity index (χ1v) is 6.18. The van der Waals surface area contributed by atoms with Crippen LogP contribution in [-0.4, -0.2) is 26.2 Å². The van der Waals surface area contributed by atoms with E-state index >= 15 is 0 Å². The van der Waals surface area contributed by atoms with E-state index in [1.54, 1.807) is 6.20 Å². The highest BCUT2D eigenvalue weighted by Crippen LogP contribution is 2.07. The number of benzene rings is 1. The van der Waals surface area contributed by atoms with Gasteiger partial charge in [-0.3, -0.25) is 4.98 Å². The Morgan fingerprint density at radius 2 is 1.80 bits per heavy atom. The van der Waals surface area contributed by atoms with Crippen molar-refractivity contribution in [2.24, 2.45) is 7.05 Å². The average Bonchev–Trinajstić information content (AvgIpc) is 2.86. The van der Waals surface area contributed by atoms with E-state index in [1.165, 1.54) is 5.39 Å². The van der Waals surface area contributed by atoms with Gasteiger partial charge >= 0.3 is 0 Å². The summed E-state index contributed by atoms with van der Waals surface area (Å²) in [7, 11) is 1.91. The average molecular weight is 292 g/mol. The van der Waals surface area contributed by atoms with E-state index in [2.05, 4.69) is 22.1 Å². The Balaban J connectivity index is 0.000000192. The van der Waals surface area contributed by atoms with Crippen LogP contribution in [0.1, 0.15) is 5.82 Å².